The highest BCUT2D eigenvalue weighted by Crippen LogP contribution is 2.37. The second-order valence-electron chi connectivity index (χ2n) is 14.2. The third-order valence-corrected chi connectivity index (χ3v) is 10.5. The molecule has 0 unspecified atom stereocenters. The van der Waals surface area contributed by atoms with Crippen LogP contribution in [0.3, 0.4) is 0 Å². The van der Waals surface area contributed by atoms with E-state index in [0.29, 0.717) is 5.82 Å². The minimum absolute atomic E-state index is 0.689. The summed E-state index contributed by atoms with van der Waals surface area (Å²) >= 11 is 0. The lowest BCUT2D eigenvalue weighted by atomic mass is 9.94. The van der Waals surface area contributed by atoms with Crippen molar-refractivity contribution in [1.82, 2.24) is 24.9 Å². The first-order valence-corrected chi connectivity index (χ1v) is 19.1. The zero-order chi connectivity index (χ0) is 38.1. The molecular formula is C52H35N5. The molecule has 0 aliphatic heterocycles. The van der Waals surface area contributed by atoms with Crippen molar-refractivity contribution in [2.75, 3.05) is 0 Å². The normalized spacial score (nSPS) is 11.2. The van der Waals surface area contributed by atoms with Crippen LogP contribution in [-0.4, -0.2) is 24.9 Å². The summed E-state index contributed by atoms with van der Waals surface area (Å²) in [6.07, 6.45) is 3.62. The summed E-state index contributed by atoms with van der Waals surface area (Å²) in [6, 6.07) is 63.4. The second-order valence-corrected chi connectivity index (χ2v) is 14.2. The maximum Gasteiger partial charge on any atom is 0.160 e. The number of nitrogens with zero attached hydrogens (tertiary/aromatic N) is 5. The van der Waals surface area contributed by atoms with Gasteiger partial charge in [0, 0.05) is 51.1 Å². The predicted molar refractivity (Wildman–Crippen MR) is 233 cm³/mol. The van der Waals surface area contributed by atoms with Gasteiger partial charge in [-0.05, 0) is 82.8 Å². The van der Waals surface area contributed by atoms with Gasteiger partial charge in [-0.1, -0.05) is 140 Å². The van der Waals surface area contributed by atoms with E-state index in [0.717, 1.165) is 89.1 Å². The van der Waals surface area contributed by atoms with E-state index in [1.807, 2.05) is 61.8 Å². The van der Waals surface area contributed by atoms with Crippen molar-refractivity contribution in [3.8, 4) is 78.5 Å². The van der Waals surface area contributed by atoms with Gasteiger partial charge in [-0.2, -0.15) is 0 Å². The lowest BCUT2D eigenvalue weighted by molar-refractivity contribution is 1.18. The number of benzene rings is 6. The van der Waals surface area contributed by atoms with E-state index in [2.05, 4.69) is 145 Å². The largest absolute Gasteiger partial charge is 0.265 e. The Bertz CT molecular complexity index is 3050. The monoisotopic (exact) mass is 729 g/mol. The van der Waals surface area contributed by atoms with Crippen LogP contribution in [0.1, 0.15) is 5.69 Å². The minimum atomic E-state index is 0.689. The standard InChI is InChI=1S/C52H35N5/c1-34-18-19-39-24-25-45-46(32-47(38-26-28-53-29-27-38)55-51(45)50(39)54-34)43-16-8-14-41(30-43)42-15-9-17-44(31-42)49-33-48(56-52(57-49)40-12-6-3-7-13-40)37-22-20-36(21-23-37)35-10-4-2-5-11-35/h2-33H,1H3. The van der Waals surface area contributed by atoms with Gasteiger partial charge in [0.25, 0.3) is 0 Å². The van der Waals surface area contributed by atoms with E-state index in [1.54, 1.807) is 0 Å². The van der Waals surface area contributed by atoms with Crippen LogP contribution in [0.25, 0.3) is 100 Å². The molecule has 0 N–H and O–H groups in total. The zero-order valence-electron chi connectivity index (χ0n) is 31.2. The first-order valence-electron chi connectivity index (χ1n) is 19.1. The van der Waals surface area contributed by atoms with Crippen molar-refractivity contribution < 1.29 is 0 Å². The molecule has 57 heavy (non-hydrogen) atoms. The molecule has 10 rings (SSSR count). The van der Waals surface area contributed by atoms with Crippen LogP contribution in [0.5, 0.6) is 0 Å². The van der Waals surface area contributed by atoms with Gasteiger partial charge in [0.15, 0.2) is 5.82 Å². The molecule has 0 radical (unpaired) electrons. The summed E-state index contributed by atoms with van der Waals surface area (Å²) in [5, 5.41) is 2.12. The quantitative estimate of drug-likeness (QED) is 0.153. The van der Waals surface area contributed by atoms with Crippen LogP contribution >= 0.6 is 0 Å². The summed E-state index contributed by atoms with van der Waals surface area (Å²) in [7, 11) is 0. The molecule has 0 spiro atoms. The van der Waals surface area contributed by atoms with Gasteiger partial charge >= 0.3 is 0 Å². The summed E-state index contributed by atoms with van der Waals surface area (Å²) < 4.78 is 0. The molecule has 5 heteroatoms. The van der Waals surface area contributed by atoms with E-state index >= 15 is 0 Å². The van der Waals surface area contributed by atoms with Gasteiger partial charge in [0.05, 0.1) is 28.1 Å². The number of aromatic nitrogens is 5. The number of pyridine rings is 3. The highest BCUT2D eigenvalue weighted by Gasteiger charge is 2.16. The topological polar surface area (TPSA) is 64.5 Å². The van der Waals surface area contributed by atoms with Gasteiger partial charge in [0.2, 0.25) is 0 Å². The smallest absolute Gasteiger partial charge is 0.160 e. The first-order chi connectivity index (χ1) is 28.1. The Morgan fingerprint density at radius 1 is 0.333 bits per heavy atom. The number of aryl methyl sites for hydroxylation is 1. The third-order valence-electron chi connectivity index (χ3n) is 10.5. The van der Waals surface area contributed by atoms with Gasteiger partial charge in [-0.3, -0.25) is 9.97 Å². The minimum Gasteiger partial charge on any atom is -0.265 e. The Hall–Kier alpha value is -7.63. The van der Waals surface area contributed by atoms with Crippen molar-refractivity contribution in [3.63, 3.8) is 0 Å². The van der Waals surface area contributed by atoms with Crippen molar-refractivity contribution in [2.45, 2.75) is 6.92 Å². The molecule has 0 aliphatic carbocycles. The van der Waals surface area contributed by atoms with Gasteiger partial charge < -0.3 is 0 Å². The summed E-state index contributed by atoms with van der Waals surface area (Å²) in [6.45, 7) is 2.03. The Balaban J connectivity index is 1.07. The number of fused-ring (bicyclic) bond motifs is 3. The molecule has 0 fully saturated rings. The van der Waals surface area contributed by atoms with Gasteiger partial charge in [-0.25, -0.2) is 15.0 Å². The van der Waals surface area contributed by atoms with Crippen molar-refractivity contribution in [2.24, 2.45) is 0 Å². The Labute approximate surface area is 331 Å². The summed E-state index contributed by atoms with van der Waals surface area (Å²) in [5.41, 5.74) is 16.1. The molecule has 6 aromatic carbocycles. The van der Waals surface area contributed by atoms with Crippen LogP contribution < -0.4 is 0 Å². The number of hydrogen-bond donors (Lipinski definition) is 0. The van der Waals surface area contributed by atoms with Crippen molar-refractivity contribution in [1.29, 1.82) is 0 Å². The van der Waals surface area contributed by atoms with Crippen LogP contribution in [0.2, 0.25) is 0 Å². The Kier molecular flexibility index (Phi) is 8.65. The van der Waals surface area contributed by atoms with Crippen LogP contribution in [0.4, 0.5) is 0 Å². The second kappa shape index (κ2) is 14.5. The zero-order valence-corrected chi connectivity index (χ0v) is 31.2. The highest BCUT2D eigenvalue weighted by molar-refractivity contribution is 6.09. The molecule has 0 atom stereocenters. The van der Waals surface area contributed by atoms with E-state index < -0.39 is 0 Å². The van der Waals surface area contributed by atoms with Crippen LogP contribution in [0, 0.1) is 6.92 Å². The number of hydrogen-bond acceptors (Lipinski definition) is 5. The average molecular weight is 730 g/mol. The maximum atomic E-state index is 5.20. The predicted octanol–water partition coefficient (Wildman–Crippen LogP) is 12.9. The fourth-order valence-corrected chi connectivity index (χ4v) is 7.53. The lowest BCUT2D eigenvalue weighted by Gasteiger charge is -2.14. The van der Waals surface area contributed by atoms with E-state index in [9.17, 15) is 0 Å². The van der Waals surface area contributed by atoms with E-state index in [-0.39, 0.29) is 0 Å². The average Bonchev–Trinajstić information content (AvgIpc) is 3.29. The van der Waals surface area contributed by atoms with Crippen LogP contribution in [-0.2, 0) is 0 Å². The third kappa shape index (κ3) is 6.72. The molecule has 0 amide bonds. The van der Waals surface area contributed by atoms with Crippen molar-refractivity contribution in [3.05, 3.63) is 200 Å². The lowest BCUT2D eigenvalue weighted by Crippen LogP contribution is -1.96. The molecule has 0 aliphatic rings. The molecule has 0 bridgehead atoms. The molecule has 5 nitrogen and oxygen atoms in total. The Morgan fingerprint density at radius 2 is 0.877 bits per heavy atom. The maximum absolute atomic E-state index is 5.20. The number of rotatable bonds is 7. The molecule has 0 saturated heterocycles. The Morgan fingerprint density at radius 3 is 1.61 bits per heavy atom. The fourth-order valence-electron chi connectivity index (χ4n) is 7.53. The van der Waals surface area contributed by atoms with Gasteiger partial charge in [0.1, 0.15) is 0 Å². The summed E-state index contributed by atoms with van der Waals surface area (Å²) in [4.78, 5) is 24.6. The molecule has 268 valence electrons. The molecule has 10 aromatic rings. The van der Waals surface area contributed by atoms with E-state index in [1.165, 1.54) is 11.1 Å². The fraction of sp³-hybridized carbons (Fsp3) is 0.0192. The molecule has 4 heterocycles. The van der Waals surface area contributed by atoms with Crippen LogP contribution in [0.15, 0.2) is 194 Å². The molecule has 4 aromatic heterocycles. The molecular weight excluding hydrogens is 695 g/mol. The van der Waals surface area contributed by atoms with Gasteiger partial charge in [-0.15, -0.1) is 0 Å². The first kappa shape index (κ1) is 33.9. The van der Waals surface area contributed by atoms with E-state index in [4.69, 9.17) is 19.9 Å². The SMILES string of the molecule is Cc1ccc2ccc3c(-c4cccc(-c5cccc(-c6cc(-c7ccc(-c8ccccc8)cc7)nc(-c7ccccc7)n6)c5)c4)cc(-c4ccncc4)nc3c2n1. The summed E-state index contributed by atoms with van der Waals surface area (Å²) in [5.74, 6) is 0.689. The van der Waals surface area contributed by atoms with Crippen molar-refractivity contribution >= 4 is 21.8 Å². The highest BCUT2D eigenvalue weighted by atomic mass is 14.9. The molecule has 0 saturated carbocycles.